The van der Waals surface area contributed by atoms with E-state index in [0.29, 0.717) is 26.9 Å². The lowest BCUT2D eigenvalue weighted by molar-refractivity contribution is -0.114. The third kappa shape index (κ3) is 3.84. The summed E-state index contributed by atoms with van der Waals surface area (Å²) < 4.78 is 2.07. The Labute approximate surface area is 159 Å². The largest absolute Gasteiger partial charge is 0.336 e. The second kappa shape index (κ2) is 7.55. The number of carbonyl (C=O) groups excluding carboxylic acids is 2. The number of amides is 2. The average molecular weight is 387 g/mol. The zero-order valence-corrected chi connectivity index (χ0v) is 15.3. The summed E-state index contributed by atoms with van der Waals surface area (Å²) in [6.45, 7) is 1.40. The smallest absolute Gasteiger partial charge is 0.274 e. The van der Waals surface area contributed by atoms with Crippen molar-refractivity contribution in [3.8, 4) is 5.69 Å². The van der Waals surface area contributed by atoms with Crippen LogP contribution in [0.4, 0.5) is 11.4 Å². The fraction of sp³-hybridized carbons (Fsp3) is 0.0556. The number of aromatic amines is 1. The van der Waals surface area contributed by atoms with Crippen LogP contribution in [0.3, 0.4) is 0 Å². The summed E-state index contributed by atoms with van der Waals surface area (Å²) in [5, 5.41) is 5.72. The number of hydrogen-bond donors (Lipinski definition) is 3. The Morgan fingerprint density at radius 2 is 1.85 bits per heavy atom. The number of rotatable bonds is 4. The van der Waals surface area contributed by atoms with Crippen molar-refractivity contribution >= 4 is 47.0 Å². The average Bonchev–Trinajstić information content (AvgIpc) is 2.99. The number of benzene rings is 2. The van der Waals surface area contributed by atoms with Crippen molar-refractivity contribution < 1.29 is 9.59 Å². The van der Waals surface area contributed by atoms with Crippen LogP contribution < -0.4 is 10.6 Å². The number of halogens is 1. The molecule has 2 amide bonds. The lowest BCUT2D eigenvalue weighted by atomic mass is 10.2. The maximum atomic E-state index is 12.7. The van der Waals surface area contributed by atoms with Crippen molar-refractivity contribution in [2.24, 2.45) is 0 Å². The molecule has 0 unspecified atom stereocenters. The van der Waals surface area contributed by atoms with Gasteiger partial charge in [0.25, 0.3) is 5.91 Å². The van der Waals surface area contributed by atoms with Gasteiger partial charge in [0.15, 0.2) is 4.77 Å². The fourth-order valence-electron chi connectivity index (χ4n) is 2.45. The number of hydrogen-bond acceptors (Lipinski definition) is 3. The number of anilines is 2. The number of nitrogens with zero attached hydrogens (tertiary/aromatic N) is 1. The molecule has 0 atom stereocenters. The molecule has 3 N–H and O–H groups in total. The van der Waals surface area contributed by atoms with Crippen LogP contribution in [-0.2, 0) is 4.79 Å². The molecule has 0 fully saturated rings. The lowest BCUT2D eigenvalue weighted by Gasteiger charge is -2.11. The number of para-hydroxylation sites is 1. The number of nitrogens with one attached hydrogen (secondary N) is 3. The van der Waals surface area contributed by atoms with Crippen LogP contribution in [0.1, 0.15) is 17.4 Å². The van der Waals surface area contributed by atoms with Gasteiger partial charge in [-0.3, -0.25) is 14.2 Å². The third-order valence-electron chi connectivity index (χ3n) is 3.56. The van der Waals surface area contributed by atoms with Gasteiger partial charge in [-0.15, -0.1) is 0 Å². The van der Waals surface area contributed by atoms with E-state index in [4.69, 9.17) is 23.8 Å². The number of carbonyl (C=O) groups is 2. The Bertz CT molecular complexity index is 1030. The van der Waals surface area contributed by atoms with Crippen LogP contribution in [0.25, 0.3) is 5.69 Å². The zero-order valence-electron chi connectivity index (χ0n) is 13.7. The van der Waals surface area contributed by atoms with E-state index in [9.17, 15) is 9.59 Å². The standard InChI is InChI=1S/C18H15ClN4O2S/c1-11(24)21-15-8-7-12(9-14(15)19)22-17(25)16-10-20-18(26)23(16)13-5-3-2-4-6-13/h2-10H,1H3,(H,20,26)(H,21,24)(H,22,25). The van der Waals surface area contributed by atoms with E-state index in [0.717, 1.165) is 5.69 Å². The van der Waals surface area contributed by atoms with Crippen molar-refractivity contribution in [3.63, 3.8) is 0 Å². The summed E-state index contributed by atoms with van der Waals surface area (Å²) in [6, 6.07) is 14.2. The minimum absolute atomic E-state index is 0.224. The Morgan fingerprint density at radius 3 is 2.50 bits per heavy atom. The summed E-state index contributed by atoms with van der Waals surface area (Å²) in [7, 11) is 0. The van der Waals surface area contributed by atoms with Gasteiger partial charge in [-0.25, -0.2) is 0 Å². The predicted octanol–water partition coefficient (Wildman–Crippen LogP) is 4.40. The van der Waals surface area contributed by atoms with Crippen molar-refractivity contribution in [1.82, 2.24) is 9.55 Å². The van der Waals surface area contributed by atoms with Gasteiger partial charge in [0, 0.05) is 24.5 Å². The highest BCUT2D eigenvalue weighted by Gasteiger charge is 2.15. The Balaban J connectivity index is 1.87. The van der Waals surface area contributed by atoms with Crippen molar-refractivity contribution in [1.29, 1.82) is 0 Å². The van der Waals surface area contributed by atoms with E-state index in [1.807, 2.05) is 30.3 Å². The highest BCUT2D eigenvalue weighted by atomic mass is 35.5. The first-order valence-corrected chi connectivity index (χ1v) is 8.48. The van der Waals surface area contributed by atoms with E-state index in [1.165, 1.54) is 6.92 Å². The molecule has 3 aromatic rings. The predicted molar refractivity (Wildman–Crippen MR) is 105 cm³/mol. The number of imidazole rings is 1. The van der Waals surface area contributed by atoms with Crippen molar-refractivity contribution in [3.05, 3.63) is 70.2 Å². The number of H-pyrrole nitrogens is 1. The topological polar surface area (TPSA) is 78.9 Å². The van der Waals surface area contributed by atoms with Gasteiger partial charge in [0.1, 0.15) is 5.69 Å². The van der Waals surface area contributed by atoms with E-state index < -0.39 is 0 Å². The van der Waals surface area contributed by atoms with E-state index in [2.05, 4.69) is 15.6 Å². The summed E-state index contributed by atoms with van der Waals surface area (Å²) in [5.74, 6) is -0.567. The lowest BCUT2D eigenvalue weighted by Crippen LogP contribution is -2.16. The SMILES string of the molecule is CC(=O)Nc1ccc(NC(=O)c2c[nH]c(=S)n2-c2ccccc2)cc1Cl. The highest BCUT2D eigenvalue weighted by molar-refractivity contribution is 7.71. The van der Waals surface area contributed by atoms with Gasteiger partial charge in [-0.1, -0.05) is 29.8 Å². The molecular formula is C18H15ClN4O2S. The molecule has 2 aromatic carbocycles. The molecule has 0 aliphatic carbocycles. The van der Waals surface area contributed by atoms with Crippen LogP contribution in [0.5, 0.6) is 0 Å². The van der Waals surface area contributed by atoms with Crippen molar-refractivity contribution in [2.75, 3.05) is 10.6 Å². The molecule has 8 heteroatoms. The van der Waals surface area contributed by atoms with E-state index in [-0.39, 0.29) is 11.8 Å². The first kappa shape index (κ1) is 17.9. The van der Waals surface area contributed by atoms with E-state index >= 15 is 0 Å². The molecule has 0 spiro atoms. The fourth-order valence-corrected chi connectivity index (χ4v) is 2.94. The molecule has 3 rings (SSSR count). The first-order chi connectivity index (χ1) is 12.5. The molecule has 0 saturated carbocycles. The molecule has 26 heavy (non-hydrogen) atoms. The van der Waals surface area contributed by atoms with Crippen LogP contribution in [0, 0.1) is 4.77 Å². The Kier molecular flexibility index (Phi) is 5.20. The Morgan fingerprint density at radius 1 is 1.12 bits per heavy atom. The van der Waals surface area contributed by atoms with Gasteiger partial charge < -0.3 is 15.6 Å². The van der Waals surface area contributed by atoms with Gasteiger partial charge >= 0.3 is 0 Å². The van der Waals surface area contributed by atoms with Gasteiger partial charge in [0.2, 0.25) is 5.91 Å². The zero-order chi connectivity index (χ0) is 18.7. The van der Waals surface area contributed by atoms with Gasteiger partial charge in [-0.2, -0.15) is 0 Å². The highest BCUT2D eigenvalue weighted by Crippen LogP contribution is 2.26. The molecule has 0 aliphatic heterocycles. The minimum Gasteiger partial charge on any atom is -0.336 e. The monoisotopic (exact) mass is 386 g/mol. The van der Waals surface area contributed by atoms with Crippen LogP contribution in [-0.4, -0.2) is 21.4 Å². The normalized spacial score (nSPS) is 10.4. The molecule has 1 aromatic heterocycles. The number of aromatic nitrogens is 2. The van der Waals surface area contributed by atoms with Crippen LogP contribution in [0.15, 0.2) is 54.7 Å². The summed E-state index contributed by atoms with van der Waals surface area (Å²) >= 11 is 11.4. The minimum atomic E-state index is -0.343. The molecule has 6 nitrogen and oxygen atoms in total. The van der Waals surface area contributed by atoms with Gasteiger partial charge in [-0.05, 0) is 42.5 Å². The first-order valence-electron chi connectivity index (χ1n) is 7.70. The Hall–Kier alpha value is -2.90. The molecule has 1 heterocycles. The molecule has 0 radical (unpaired) electrons. The molecule has 0 bridgehead atoms. The van der Waals surface area contributed by atoms with Gasteiger partial charge in [0.05, 0.1) is 10.7 Å². The van der Waals surface area contributed by atoms with Crippen LogP contribution >= 0.6 is 23.8 Å². The summed E-state index contributed by atoms with van der Waals surface area (Å²) in [6.07, 6.45) is 1.55. The molecule has 0 aliphatic rings. The molecule has 132 valence electrons. The maximum absolute atomic E-state index is 12.7. The summed E-state index contributed by atoms with van der Waals surface area (Å²) in [4.78, 5) is 26.7. The van der Waals surface area contributed by atoms with E-state index in [1.54, 1.807) is 29.0 Å². The summed E-state index contributed by atoms with van der Waals surface area (Å²) in [5.41, 5.74) is 2.12. The second-order valence-electron chi connectivity index (χ2n) is 5.48. The quantitative estimate of drug-likeness (QED) is 0.581. The maximum Gasteiger partial charge on any atom is 0.274 e. The molecule has 0 saturated heterocycles. The van der Waals surface area contributed by atoms with Crippen LogP contribution in [0.2, 0.25) is 5.02 Å². The molecular weight excluding hydrogens is 372 g/mol. The third-order valence-corrected chi connectivity index (χ3v) is 4.17. The second-order valence-corrected chi connectivity index (χ2v) is 6.27. The van der Waals surface area contributed by atoms with Crippen molar-refractivity contribution in [2.45, 2.75) is 6.92 Å².